The third kappa shape index (κ3) is 4.64. The lowest BCUT2D eigenvalue weighted by atomic mass is 10.2. The Morgan fingerprint density at radius 2 is 1.87 bits per heavy atom. The summed E-state index contributed by atoms with van der Waals surface area (Å²) < 4.78 is 5.11. The molecule has 1 aromatic heterocycles. The number of aryl methyl sites for hydroxylation is 1. The third-order valence-corrected chi connectivity index (χ3v) is 4.24. The summed E-state index contributed by atoms with van der Waals surface area (Å²) in [6, 6.07) is 11.6. The Balaban J connectivity index is 1.41. The van der Waals surface area contributed by atoms with Gasteiger partial charge >= 0.3 is 0 Å². The van der Waals surface area contributed by atoms with E-state index in [2.05, 4.69) is 10.5 Å². The molecule has 1 amide bonds. The van der Waals surface area contributed by atoms with Gasteiger partial charge < -0.3 is 19.6 Å². The molecule has 3 rings (SSSR count). The molecule has 0 unspecified atom stereocenters. The molecule has 23 heavy (non-hydrogen) atoms. The fourth-order valence-corrected chi connectivity index (χ4v) is 3.02. The largest absolute Gasteiger partial charge is 0.361 e. The van der Waals surface area contributed by atoms with E-state index in [1.807, 2.05) is 43.3 Å². The molecule has 0 atom stereocenters. The molecule has 0 saturated carbocycles. The van der Waals surface area contributed by atoms with E-state index >= 15 is 0 Å². The van der Waals surface area contributed by atoms with Crippen LogP contribution in [0.3, 0.4) is 0 Å². The van der Waals surface area contributed by atoms with Crippen LogP contribution >= 0.6 is 0 Å². The summed E-state index contributed by atoms with van der Waals surface area (Å²) in [5.41, 5.74) is 1.88. The van der Waals surface area contributed by atoms with Crippen molar-refractivity contribution in [2.75, 3.05) is 38.0 Å². The molecule has 0 aliphatic carbocycles. The Bertz CT molecular complexity index is 633. The number of quaternary nitrogens is 2. The minimum Gasteiger partial charge on any atom is -0.361 e. The van der Waals surface area contributed by atoms with Gasteiger partial charge in [0.15, 0.2) is 6.54 Å². The van der Waals surface area contributed by atoms with Gasteiger partial charge in [-0.05, 0) is 19.1 Å². The molecule has 1 aromatic carbocycles. The second-order valence-electron chi connectivity index (χ2n) is 6.20. The van der Waals surface area contributed by atoms with Crippen molar-refractivity contribution in [3.8, 4) is 0 Å². The van der Waals surface area contributed by atoms with Crippen LogP contribution in [0.1, 0.15) is 11.5 Å². The molecular weight excluding hydrogens is 292 g/mol. The van der Waals surface area contributed by atoms with Crippen LogP contribution in [0.2, 0.25) is 0 Å². The van der Waals surface area contributed by atoms with E-state index in [0.717, 1.165) is 49.9 Å². The Morgan fingerprint density at radius 3 is 2.52 bits per heavy atom. The molecule has 3 N–H and O–H groups in total. The Labute approximate surface area is 136 Å². The molecule has 1 aliphatic rings. The SMILES string of the molecule is Cc1cc(C[NH+]2CC[NH+](CC(=O)Nc3ccccc3)CC2)no1. The van der Waals surface area contributed by atoms with E-state index in [0.29, 0.717) is 6.54 Å². The van der Waals surface area contributed by atoms with E-state index in [-0.39, 0.29) is 5.91 Å². The molecule has 0 spiro atoms. The van der Waals surface area contributed by atoms with Crippen LogP contribution in [-0.4, -0.2) is 43.8 Å². The molecule has 0 bridgehead atoms. The molecule has 1 saturated heterocycles. The second kappa shape index (κ2) is 7.39. The molecular formula is C17H24N4O2+2. The van der Waals surface area contributed by atoms with Crippen molar-refractivity contribution in [1.29, 1.82) is 0 Å². The van der Waals surface area contributed by atoms with Gasteiger partial charge in [0.05, 0.1) is 0 Å². The summed E-state index contributed by atoms with van der Waals surface area (Å²) in [6.07, 6.45) is 0. The lowest BCUT2D eigenvalue weighted by Gasteiger charge is -2.28. The Kier molecular flexibility index (Phi) is 5.05. The van der Waals surface area contributed by atoms with Gasteiger partial charge in [0.1, 0.15) is 44.2 Å². The minimum atomic E-state index is 0.0850. The van der Waals surface area contributed by atoms with E-state index in [1.165, 1.54) is 9.80 Å². The minimum absolute atomic E-state index is 0.0850. The highest BCUT2D eigenvalue weighted by Gasteiger charge is 2.25. The normalized spacial score (nSPS) is 21.1. The van der Waals surface area contributed by atoms with Crippen LogP contribution in [0.4, 0.5) is 5.69 Å². The zero-order valence-corrected chi connectivity index (χ0v) is 13.5. The van der Waals surface area contributed by atoms with Crippen LogP contribution in [0.15, 0.2) is 40.9 Å². The van der Waals surface area contributed by atoms with Crippen molar-refractivity contribution in [2.24, 2.45) is 0 Å². The predicted octanol–water partition coefficient (Wildman–Crippen LogP) is -1.09. The van der Waals surface area contributed by atoms with Gasteiger partial charge in [0.2, 0.25) is 0 Å². The maximum Gasteiger partial charge on any atom is 0.279 e. The Morgan fingerprint density at radius 1 is 1.17 bits per heavy atom. The number of nitrogens with one attached hydrogen (secondary N) is 3. The summed E-state index contributed by atoms with van der Waals surface area (Å²) in [5, 5.41) is 7.01. The molecule has 6 heteroatoms. The van der Waals surface area contributed by atoms with E-state index in [9.17, 15) is 4.79 Å². The predicted molar refractivity (Wildman–Crippen MR) is 86.3 cm³/mol. The standard InChI is InChI=1S/C17H22N4O2/c1-14-11-16(19-23-14)12-20-7-9-21(10-8-20)13-17(22)18-15-5-3-2-4-6-15/h2-6,11H,7-10,12-13H2,1H3,(H,18,22)/p+2. The van der Waals surface area contributed by atoms with Crippen LogP contribution in [0, 0.1) is 6.92 Å². The van der Waals surface area contributed by atoms with Crippen LogP contribution in [0.25, 0.3) is 0 Å². The number of hydrogen-bond donors (Lipinski definition) is 3. The highest BCUT2D eigenvalue weighted by Crippen LogP contribution is 2.03. The molecule has 1 aliphatic heterocycles. The second-order valence-corrected chi connectivity index (χ2v) is 6.20. The van der Waals surface area contributed by atoms with Crippen LogP contribution in [0.5, 0.6) is 0 Å². The quantitative estimate of drug-likeness (QED) is 0.656. The first-order valence-electron chi connectivity index (χ1n) is 8.13. The zero-order chi connectivity index (χ0) is 16.1. The number of anilines is 1. The van der Waals surface area contributed by atoms with Gasteiger partial charge in [-0.25, -0.2) is 0 Å². The van der Waals surface area contributed by atoms with Crippen molar-refractivity contribution in [2.45, 2.75) is 13.5 Å². The smallest absolute Gasteiger partial charge is 0.279 e. The number of piperazine rings is 1. The lowest BCUT2D eigenvalue weighted by molar-refractivity contribution is -1.02. The summed E-state index contributed by atoms with van der Waals surface area (Å²) in [6.45, 7) is 7.48. The van der Waals surface area contributed by atoms with E-state index in [4.69, 9.17) is 4.52 Å². The van der Waals surface area contributed by atoms with Gasteiger partial charge in [-0.3, -0.25) is 4.79 Å². The first-order chi connectivity index (χ1) is 11.2. The summed E-state index contributed by atoms with van der Waals surface area (Å²) in [7, 11) is 0. The number of para-hydroxylation sites is 1. The van der Waals surface area contributed by atoms with Crippen molar-refractivity contribution >= 4 is 11.6 Å². The topological polar surface area (TPSA) is 64.0 Å². The summed E-state index contributed by atoms with van der Waals surface area (Å²) in [5.74, 6) is 0.947. The molecule has 2 heterocycles. The fraction of sp³-hybridized carbons (Fsp3) is 0.412. The lowest BCUT2D eigenvalue weighted by Crippen LogP contribution is -3.28. The van der Waals surface area contributed by atoms with Gasteiger partial charge in [0.25, 0.3) is 5.91 Å². The van der Waals surface area contributed by atoms with Crippen LogP contribution < -0.4 is 15.1 Å². The zero-order valence-electron chi connectivity index (χ0n) is 13.5. The monoisotopic (exact) mass is 316 g/mol. The fourth-order valence-electron chi connectivity index (χ4n) is 3.02. The van der Waals surface area contributed by atoms with Gasteiger partial charge in [-0.1, -0.05) is 23.4 Å². The van der Waals surface area contributed by atoms with Crippen molar-refractivity contribution in [3.05, 3.63) is 47.9 Å². The number of nitrogens with zero attached hydrogens (tertiary/aromatic N) is 1. The number of amides is 1. The molecule has 2 aromatic rings. The molecule has 1 fully saturated rings. The maximum atomic E-state index is 12.1. The number of benzene rings is 1. The average Bonchev–Trinajstić information content (AvgIpc) is 2.95. The summed E-state index contributed by atoms with van der Waals surface area (Å²) >= 11 is 0. The number of carbonyl (C=O) groups is 1. The van der Waals surface area contributed by atoms with Gasteiger partial charge in [-0.2, -0.15) is 0 Å². The van der Waals surface area contributed by atoms with Crippen LogP contribution in [-0.2, 0) is 11.3 Å². The van der Waals surface area contributed by atoms with Crippen molar-refractivity contribution < 1.29 is 19.1 Å². The third-order valence-electron chi connectivity index (χ3n) is 4.24. The average molecular weight is 316 g/mol. The highest BCUT2D eigenvalue weighted by molar-refractivity contribution is 5.91. The molecule has 6 nitrogen and oxygen atoms in total. The number of hydrogen-bond acceptors (Lipinski definition) is 3. The van der Waals surface area contributed by atoms with Gasteiger partial charge in [-0.15, -0.1) is 0 Å². The number of aromatic nitrogens is 1. The van der Waals surface area contributed by atoms with E-state index in [1.54, 1.807) is 0 Å². The first kappa shape index (κ1) is 15.7. The molecule has 0 radical (unpaired) electrons. The number of rotatable bonds is 5. The Hall–Kier alpha value is -2.18. The number of carbonyl (C=O) groups excluding carboxylic acids is 1. The van der Waals surface area contributed by atoms with E-state index < -0.39 is 0 Å². The van der Waals surface area contributed by atoms with Gasteiger partial charge in [0, 0.05) is 11.8 Å². The summed E-state index contributed by atoms with van der Waals surface area (Å²) in [4.78, 5) is 14.9. The highest BCUT2D eigenvalue weighted by atomic mass is 16.5. The maximum absolute atomic E-state index is 12.1. The molecule has 122 valence electrons. The first-order valence-corrected chi connectivity index (χ1v) is 8.13. The van der Waals surface area contributed by atoms with Crippen molar-refractivity contribution in [3.63, 3.8) is 0 Å². The van der Waals surface area contributed by atoms with Crippen molar-refractivity contribution in [1.82, 2.24) is 5.16 Å².